The van der Waals surface area contributed by atoms with Crippen LogP contribution in [0.4, 0.5) is 0 Å². The van der Waals surface area contributed by atoms with Gasteiger partial charge in [0.1, 0.15) is 0 Å². The molecule has 0 saturated carbocycles. The summed E-state index contributed by atoms with van der Waals surface area (Å²) in [7, 11) is -3.46. The molecule has 0 amide bonds. The minimum absolute atomic E-state index is 0.360. The summed E-state index contributed by atoms with van der Waals surface area (Å²) in [6.45, 7) is 9.61. The lowest BCUT2D eigenvalue weighted by molar-refractivity contribution is 0.594. The molecule has 106 valence electrons. The highest BCUT2D eigenvalue weighted by atomic mass is 32.2. The second-order valence-corrected chi connectivity index (χ2v) is 7.29. The first-order valence-corrected chi connectivity index (χ1v) is 8.12. The molecule has 0 unspecified atom stereocenters. The number of sulfone groups is 1. The van der Waals surface area contributed by atoms with Crippen molar-refractivity contribution in [2.24, 2.45) is 0 Å². The van der Waals surface area contributed by atoms with Gasteiger partial charge in [0.15, 0.2) is 0 Å². The van der Waals surface area contributed by atoms with Gasteiger partial charge in [-0.3, -0.25) is 0 Å². The summed E-state index contributed by atoms with van der Waals surface area (Å²) in [6.07, 6.45) is 0. The van der Waals surface area contributed by atoms with E-state index in [1.807, 2.05) is 52.8 Å². The highest BCUT2D eigenvalue weighted by Gasteiger charge is 2.23. The first-order valence-electron chi connectivity index (χ1n) is 6.64. The number of benzene rings is 2. The van der Waals surface area contributed by atoms with E-state index in [9.17, 15) is 8.42 Å². The first-order chi connectivity index (χ1) is 9.25. The molecule has 2 aromatic carbocycles. The lowest BCUT2D eigenvalue weighted by Gasteiger charge is -2.15. The average molecular weight is 288 g/mol. The van der Waals surface area contributed by atoms with Gasteiger partial charge in [0.05, 0.1) is 9.79 Å². The van der Waals surface area contributed by atoms with Crippen LogP contribution in [-0.2, 0) is 9.84 Å². The van der Waals surface area contributed by atoms with Gasteiger partial charge in [-0.1, -0.05) is 23.8 Å². The third-order valence-corrected chi connectivity index (χ3v) is 5.94. The topological polar surface area (TPSA) is 34.1 Å². The van der Waals surface area contributed by atoms with Crippen molar-refractivity contribution < 1.29 is 8.42 Å². The third-order valence-electron chi connectivity index (χ3n) is 3.90. The predicted molar refractivity (Wildman–Crippen MR) is 82.0 cm³/mol. The van der Waals surface area contributed by atoms with Gasteiger partial charge >= 0.3 is 0 Å². The summed E-state index contributed by atoms with van der Waals surface area (Å²) >= 11 is 0. The molecular formula is C17H20O2S. The van der Waals surface area contributed by atoms with E-state index in [0.29, 0.717) is 9.79 Å². The van der Waals surface area contributed by atoms with Gasteiger partial charge in [-0.2, -0.15) is 0 Å². The van der Waals surface area contributed by atoms with Gasteiger partial charge in [-0.15, -0.1) is 0 Å². The molecule has 0 aliphatic rings. The maximum absolute atomic E-state index is 12.9. The van der Waals surface area contributed by atoms with Crippen molar-refractivity contribution in [3.8, 4) is 0 Å². The number of hydrogen-bond acceptors (Lipinski definition) is 2. The van der Waals surface area contributed by atoms with Crippen LogP contribution in [0.2, 0.25) is 0 Å². The van der Waals surface area contributed by atoms with E-state index in [1.54, 1.807) is 12.1 Å². The van der Waals surface area contributed by atoms with Crippen LogP contribution in [0.15, 0.2) is 40.1 Å². The normalized spacial score (nSPS) is 11.7. The minimum atomic E-state index is -3.46. The number of hydrogen-bond donors (Lipinski definition) is 0. The van der Waals surface area contributed by atoms with Gasteiger partial charge in [-0.25, -0.2) is 8.42 Å². The molecule has 0 fully saturated rings. The summed E-state index contributed by atoms with van der Waals surface area (Å²) in [6, 6.07) is 9.07. The highest BCUT2D eigenvalue weighted by Crippen LogP contribution is 2.30. The van der Waals surface area contributed by atoms with E-state index in [-0.39, 0.29) is 0 Å². The van der Waals surface area contributed by atoms with E-state index in [4.69, 9.17) is 0 Å². The van der Waals surface area contributed by atoms with Crippen molar-refractivity contribution in [3.05, 3.63) is 58.1 Å². The van der Waals surface area contributed by atoms with E-state index in [1.165, 1.54) is 0 Å². The molecule has 0 heterocycles. The van der Waals surface area contributed by atoms with Crippen molar-refractivity contribution in [3.63, 3.8) is 0 Å². The Hall–Kier alpha value is -1.61. The summed E-state index contributed by atoms with van der Waals surface area (Å²) in [4.78, 5) is 0.818. The summed E-state index contributed by atoms with van der Waals surface area (Å²) in [5.74, 6) is 0. The molecule has 0 spiro atoms. The van der Waals surface area contributed by atoms with Gasteiger partial charge in [0.25, 0.3) is 0 Å². The van der Waals surface area contributed by atoms with Crippen LogP contribution >= 0.6 is 0 Å². The van der Waals surface area contributed by atoms with Crippen molar-refractivity contribution in [1.29, 1.82) is 0 Å². The van der Waals surface area contributed by atoms with Crippen LogP contribution in [-0.4, -0.2) is 8.42 Å². The zero-order chi connectivity index (χ0) is 15.1. The van der Waals surface area contributed by atoms with Crippen LogP contribution in [0.1, 0.15) is 27.8 Å². The van der Waals surface area contributed by atoms with Crippen LogP contribution in [0.5, 0.6) is 0 Å². The molecule has 20 heavy (non-hydrogen) atoms. The maximum Gasteiger partial charge on any atom is 0.207 e. The van der Waals surface area contributed by atoms with Crippen LogP contribution in [0, 0.1) is 34.6 Å². The first kappa shape index (κ1) is 14.8. The minimum Gasteiger partial charge on any atom is -0.218 e. The summed E-state index contributed by atoms with van der Waals surface area (Å²) in [5.41, 5.74) is 4.76. The second-order valence-electron chi connectivity index (χ2n) is 5.41. The number of rotatable bonds is 2. The Morgan fingerprint density at radius 1 is 0.750 bits per heavy atom. The molecule has 0 aliphatic carbocycles. The molecule has 0 atom stereocenters. The molecule has 0 N–H and O–H groups in total. The average Bonchev–Trinajstić information content (AvgIpc) is 2.37. The Morgan fingerprint density at radius 2 is 1.20 bits per heavy atom. The number of aryl methyl sites for hydroxylation is 3. The third kappa shape index (κ3) is 2.38. The lowest BCUT2D eigenvalue weighted by atomic mass is 10.0. The molecule has 0 aromatic heterocycles. The Labute approximate surface area is 121 Å². The van der Waals surface area contributed by atoms with Crippen LogP contribution in [0.25, 0.3) is 0 Å². The molecule has 3 heteroatoms. The fraction of sp³-hybridized carbons (Fsp3) is 0.294. The van der Waals surface area contributed by atoms with E-state index in [0.717, 1.165) is 27.8 Å². The Kier molecular flexibility index (Phi) is 3.74. The van der Waals surface area contributed by atoms with Gasteiger partial charge in [0.2, 0.25) is 9.84 Å². The van der Waals surface area contributed by atoms with Gasteiger partial charge < -0.3 is 0 Å². The smallest absolute Gasteiger partial charge is 0.207 e. The van der Waals surface area contributed by atoms with E-state index < -0.39 is 9.84 Å². The molecule has 0 bridgehead atoms. The molecule has 0 saturated heterocycles. The SMILES string of the molecule is Cc1ccc(S(=O)(=O)c2c(C)c(C)cc(C)c2C)cc1. The maximum atomic E-state index is 12.9. The zero-order valence-electron chi connectivity index (χ0n) is 12.6. The van der Waals surface area contributed by atoms with Crippen LogP contribution < -0.4 is 0 Å². The van der Waals surface area contributed by atoms with Crippen molar-refractivity contribution in [1.82, 2.24) is 0 Å². The fourth-order valence-electron chi connectivity index (χ4n) is 2.42. The molecule has 2 nitrogen and oxygen atoms in total. The molecular weight excluding hydrogens is 268 g/mol. The molecule has 2 rings (SSSR count). The highest BCUT2D eigenvalue weighted by molar-refractivity contribution is 7.91. The van der Waals surface area contributed by atoms with Crippen molar-refractivity contribution in [2.45, 2.75) is 44.4 Å². The Balaban J connectivity index is 2.76. The van der Waals surface area contributed by atoms with Gasteiger partial charge in [0, 0.05) is 0 Å². The zero-order valence-corrected chi connectivity index (χ0v) is 13.4. The Bertz CT molecular complexity index is 728. The predicted octanol–water partition coefficient (Wildman–Crippen LogP) is 4.06. The fourth-order valence-corrected chi connectivity index (χ4v) is 4.28. The quantitative estimate of drug-likeness (QED) is 0.835. The lowest BCUT2D eigenvalue weighted by Crippen LogP contribution is -2.09. The second kappa shape index (κ2) is 5.06. The largest absolute Gasteiger partial charge is 0.218 e. The summed E-state index contributed by atoms with van der Waals surface area (Å²) < 4.78 is 25.8. The summed E-state index contributed by atoms with van der Waals surface area (Å²) in [5, 5.41) is 0. The van der Waals surface area contributed by atoms with Crippen molar-refractivity contribution in [2.75, 3.05) is 0 Å². The molecule has 2 aromatic rings. The Morgan fingerprint density at radius 3 is 1.65 bits per heavy atom. The van der Waals surface area contributed by atoms with Gasteiger partial charge in [-0.05, 0) is 69.0 Å². The monoisotopic (exact) mass is 288 g/mol. The van der Waals surface area contributed by atoms with E-state index in [2.05, 4.69) is 0 Å². The molecule has 0 radical (unpaired) electrons. The standard InChI is InChI=1S/C17H20O2S/c1-11-6-8-16(9-7-11)20(18,19)17-14(4)12(2)10-13(3)15(17)5/h6-10H,1-5H3. The van der Waals surface area contributed by atoms with E-state index >= 15 is 0 Å². The molecule has 0 aliphatic heterocycles. The van der Waals surface area contributed by atoms with Crippen LogP contribution in [0.3, 0.4) is 0 Å². The van der Waals surface area contributed by atoms with Crippen molar-refractivity contribution >= 4 is 9.84 Å².